The summed E-state index contributed by atoms with van der Waals surface area (Å²) in [6.45, 7) is 4.70. The van der Waals surface area contributed by atoms with Gasteiger partial charge >= 0.3 is 0 Å². The van der Waals surface area contributed by atoms with Crippen LogP contribution in [0.1, 0.15) is 24.2 Å². The van der Waals surface area contributed by atoms with E-state index in [9.17, 15) is 4.79 Å². The molecule has 0 amide bonds. The zero-order valence-corrected chi connectivity index (χ0v) is 11.4. The molecule has 0 aromatic heterocycles. The zero-order valence-electron chi connectivity index (χ0n) is 11.4. The van der Waals surface area contributed by atoms with Gasteiger partial charge in [0.1, 0.15) is 11.9 Å². The first-order chi connectivity index (χ1) is 8.49. The molecular formula is C14H20N2O2. The maximum atomic E-state index is 12.2. The molecule has 0 fully saturated rings. The largest absolute Gasteiger partial charge is 0.487 e. The lowest BCUT2D eigenvalue weighted by atomic mass is 10.0. The van der Waals surface area contributed by atoms with E-state index in [1.807, 2.05) is 51.0 Å². The quantitative estimate of drug-likeness (QED) is 0.831. The Morgan fingerprint density at radius 1 is 1.50 bits per heavy atom. The molecule has 1 aromatic rings. The second-order valence-electron chi connectivity index (χ2n) is 5.02. The van der Waals surface area contributed by atoms with E-state index < -0.39 is 0 Å². The van der Waals surface area contributed by atoms with Crippen molar-refractivity contribution < 1.29 is 9.53 Å². The minimum Gasteiger partial charge on any atom is -0.487 e. The van der Waals surface area contributed by atoms with E-state index >= 15 is 0 Å². The van der Waals surface area contributed by atoms with Crippen LogP contribution in [0.25, 0.3) is 0 Å². The number of benzene rings is 1. The highest BCUT2D eigenvalue weighted by Crippen LogP contribution is 2.30. The van der Waals surface area contributed by atoms with E-state index in [0.29, 0.717) is 0 Å². The van der Waals surface area contributed by atoms with Crippen LogP contribution in [-0.2, 0) is 0 Å². The molecule has 0 aliphatic carbocycles. The van der Waals surface area contributed by atoms with E-state index in [4.69, 9.17) is 4.74 Å². The average Bonchev–Trinajstić information content (AvgIpc) is 2.36. The van der Waals surface area contributed by atoms with Crippen LogP contribution in [0, 0.1) is 0 Å². The number of carbonyl (C=O) groups excluding carboxylic acids is 1. The van der Waals surface area contributed by atoms with Crippen LogP contribution in [0.3, 0.4) is 0 Å². The Hall–Kier alpha value is -1.55. The summed E-state index contributed by atoms with van der Waals surface area (Å²) in [5.74, 6) is 0.950. The van der Waals surface area contributed by atoms with Crippen LogP contribution in [0.2, 0.25) is 0 Å². The summed E-state index contributed by atoms with van der Waals surface area (Å²) >= 11 is 0. The molecule has 0 saturated heterocycles. The molecule has 2 atom stereocenters. The molecule has 1 aliphatic heterocycles. The number of Topliss-reactive ketones (excluding diaryl/α,β-unsaturated/α-hetero) is 1. The summed E-state index contributed by atoms with van der Waals surface area (Å²) in [5.41, 5.74) is 1.63. The van der Waals surface area contributed by atoms with Crippen molar-refractivity contribution in [3.8, 4) is 5.75 Å². The zero-order chi connectivity index (χ0) is 13.3. The van der Waals surface area contributed by atoms with Crippen molar-refractivity contribution in [2.45, 2.75) is 26.0 Å². The van der Waals surface area contributed by atoms with Gasteiger partial charge in [-0.1, -0.05) is 0 Å². The van der Waals surface area contributed by atoms with Gasteiger partial charge in [-0.3, -0.25) is 9.69 Å². The lowest BCUT2D eigenvalue weighted by Crippen LogP contribution is -2.33. The minimum atomic E-state index is -0.119. The van der Waals surface area contributed by atoms with E-state index in [1.165, 1.54) is 0 Å². The van der Waals surface area contributed by atoms with Crippen LogP contribution in [0.5, 0.6) is 5.75 Å². The summed E-state index contributed by atoms with van der Waals surface area (Å²) in [4.78, 5) is 14.1. The fourth-order valence-corrected chi connectivity index (χ4v) is 1.91. The number of anilines is 1. The third-order valence-corrected chi connectivity index (χ3v) is 3.33. The number of nitrogens with zero attached hydrogens (tertiary/aromatic N) is 1. The number of likely N-dealkylation sites (N-methyl/N-ethyl adjacent to an activating group) is 1. The Bertz CT molecular complexity index is 457. The first-order valence-electron chi connectivity index (χ1n) is 6.24. The van der Waals surface area contributed by atoms with Gasteiger partial charge in [-0.2, -0.15) is 0 Å². The van der Waals surface area contributed by atoms with E-state index in [2.05, 4.69) is 5.32 Å². The molecular weight excluding hydrogens is 228 g/mol. The summed E-state index contributed by atoms with van der Waals surface area (Å²) < 4.78 is 5.69. The van der Waals surface area contributed by atoms with Gasteiger partial charge in [0, 0.05) is 5.56 Å². The first kappa shape index (κ1) is 12.9. The molecule has 2 unspecified atom stereocenters. The highest BCUT2D eigenvalue weighted by atomic mass is 16.5. The van der Waals surface area contributed by atoms with Crippen molar-refractivity contribution in [1.29, 1.82) is 0 Å². The van der Waals surface area contributed by atoms with Crippen molar-refractivity contribution in [3.63, 3.8) is 0 Å². The number of fused-ring (bicyclic) bond motifs is 1. The first-order valence-corrected chi connectivity index (χ1v) is 6.24. The van der Waals surface area contributed by atoms with Gasteiger partial charge in [-0.05, 0) is 46.1 Å². The predicted octanol–water partition coefficient (Wildman–Crippen LogP) is 2.01. The highest BCUT2D eigenvalue weighted by molar-refractivity contribution is 6.00. The fraction of sp³-hybridized carbons (Fsp3) is 0.500. The lowest BCUT2D eigenvalue weighted by Gasteiger charge is -2.25. The number of hydrogen-bond acceptors (Lipinski definition) is 4. The van der Waals surface area contributed by atoms with E-state index in [-0.39, 0.29) is 17.9 Å². The molecule has 0 spiro atoms. The molecule has 4 heteroatoms. The number of nitrogens with one attached hydrogen (secondary N) is 1. The van der Waals surface area contributed by atoms with Crippen LogP contribution in [0.15, 0.2) is 18.2 Å². The van der Waals surface area contributed by atoms with Gasteiger partial charge in [-0.25, -0.2) is 0 Å². The third kappa shape index (κ3) is 2.48. The number of carbonyl (C=O) groups is 1. The van der Waals surface area contributed by atoms with Crippen molar-refractivity contribution in [3.05, 3.63) is 23.8 Å². The monoisotopic (exact) mass is 248 g/mol. The van der Waals surface area contributed by atoms with Gasteiger partial charge in [0.05, 0.1) is 18.3 Å². The number of rotatable bonds is 3. The number of ketones is 1. The molecule has 1 heterocycles. The molecule has 98 valence electrons. The Kier molecular flexibility index (Phi) is 3.57. The minimum absolute atomic E-state index is 0.119. The van der Waals surface area contributed by atoms with Crippen LogP contribution < -0.4 is 10.1 Å². The van der Waals surface area contributed by atoms with Gasteiger partial charge in [0.25, 0.3) is 0 Å². The van der Waals surface area contributed by atoms with Crippen LogP contribution in [-0.4, -0.2) is 43.5 Å². The normalized spacial score (nSPS) is 19.7. The molecule has 0 bridgehead atoms. The average molecular weight is 248 g/mol. The highest BCUT2D eigenvalue weighted by Gasteiger charge is 2.20. The second-order valence-corrected chi connectivity index (χ2v) is 5.02. The molecule has 1 aliphatic rings. The van der Waals surface area contributed by atoms with Gasteiger partial charge < -0.3 is 10.1 Å². The van der Waals surface area contributed by atoms with Crippen LogP contribution in [0.4, 0.5) is 5.69 Å². The van der Waals surface area contributed by atoms with Gasteiger partial charge in [0.2, 0.25) is 0 Å². The fourth-order valence-electron chi connectivity index (χ4n) is 1.91. The Morgan fingerprint density at radius 2 is 2.22 bits per heavy atom. The van der Waals surface area contributed by atoms with E-state index in [0.717, 1.165) is 23.5 Å². The summed E-state index contributed by atoms with van der Waals surface area (Å²) in [7, 11) is 3.81. The summed E-state index contributed by atoms with van der Waals surface area (Å²) in [6, 6.07) is 5.46. The van der Waals surface area contributed by atoms with Crippen molar-refractivity contribution in [1.82, 2.24) is 4.90 Å². The second kappa shape index (κ2) is 4.98. The molecule has 2 rings (SSSR count). The van der Waals surface area contributed by atoms with Crippen molar-refractivity contribution in [2.75, 3.05) is 26.0 Å². The molecule has 4 nitrogen and oxygen atoms in total. The standard InChI is InChI=1S/C14H20N2O2/c1-9-8-15-12-7-11(5-6-13(12)18-9)14(17)10(2)16(3)4/h5-7,9-10,15H,8H2,1-4H3. The van der Waals surface area contributed by atoms with Gasteiger partial charge in [0.15, 0.2) is 5.78 Å². The molecule has 18 heavy (non-hydrogen) atoms. The predicted molar refractivity (Wildman–Crippen MR) is 72.5 cm³/mol. The molecule has 0 saturated carbocycles. The van der Waals surface area contributed by atoms with Crippen LogP contribution >= 0.6 is 0 Å². The molecule has 1 aromatic carbocycles. The SMILES string of the molecule is CC1CNc2cc(C(=O)C(C)N(C)C)ccc2O1. The Labute approximate surface area is 108 Å². The summed E-state index contributed by atoms with van der Waals surface area (Å²) in [6.07, 6.45) is 0.166. The molecule has 1 N–H and O–H groups in total. The smallest absolute Gasteiger partial charge is 0.179 e. The Balaban J connectivity index is 2.24. The Morgan fingerprint density at radius 3 is 2.89 bits per heavy atom. The maximum absolute atomic E-state index is 12.2. The third-order valence-electron chi connectivity index (χ3n) is 3.33. The topological polar surface area (TPSA) is 41.6 Å². The maximum Gasteiger partial charge on any atom is 0.179 e. The van der Waals surface area contributed by atoms with Crippen molar-refractivity contribution in [2.24, 2.45) is 0 Å². The molecule has 0 radical (unpaired) electrons. The van der Waals surface area contributed by atoms with Gasteiger partial charge in [-0.15, -0.1) is 0 Å². The van der Waals surface area contributed by atoms with E-state index in [1.54, 1.807) is 0 Å². The number of ether oxygens (including phenoxy) is 1. The summed E-state index contributed by atoms with van der Waals surface area (Å²) in [5, 5.41) is 3.28. The lowest BCUT2D eigenvalue weighted by molar-refractivity contribution is 0.0890. The number of hydrogen-bond donors (Lipinski definition) is 1. The van der Waals surface area contributed by atoms with Crippen molar-refractivity contribution >= 4 is 11.5 Å².